The van der Waals surface area contributed by atoms with E-state index in [9.17, 15) is 4.79 Å². The number of H-pyrrole nitrogens is 1. The molecule has 1 heterocycles. The molecular formula is C12H9N3O. The van der Waals surface area contributed by atoms with Crippen molar-refractivity contribution in [2.24, 2.45) is 0 Å². The first-order valence-corrected chi connectivity index (χ1v) is 4.67. The van der Waals surface area contributed by atoms with Crippen molar-refractivity contribution in [1.29, 1.82) is 0 Å². The number of amides is 1. The van der Waals surface area contributed by atoms with E-state index in [1.807, 2.05) is 24.1 Å². The number of hydrogen-bond donors (Lipinski definition) is 2. The predicted molar refractivity (Wildman–Crippen MR) is 61.5 cm³/mol. The van der Waals surface area contributed by atoms with Crippen LogP contribution in [-0.4, -0.2) is 16.1 Å². The van der Waals surface area contributed by atoms with Crippen LogP contribution in [0.25, 0.3) is 11.3 Å². The Morgan fingerprint density at radius 1 is 1.31 bits per heavy atom. The first kappa shape index (κ1) is 9.99. The summed E-state index contributed by atoms with van der Waals surface area (Å²) in [5.74, 6) is 1.54. The summed E-state index contributed by atoms with van der Waals surface area (Å²) >= 11 is 0. The molecule has 2 N–H and O–H groups in total. The Bertz CT molecular complexity index is 520. The molecule has 0 bridgehead atoms. The largest absolute Gasteiger partial charge is 0.315 e. The van der Waals surface area contributed by atoms with Crippen molar-refractivity contribution in [2.45, 2.75) is 0 Å². The van der Waals surface area contributed by atoms with Gasteiger partial charge in [0.2, 0.25) is 0 Å². The highest BCUT2D eigenvalue weighted by molar-refractivity contribution is 6.03. The maximum atomic E-state index is 10.9. The van der Waals surface area contributed by atoms with Crippen molar-refractivity contribution in [3.05, 3.63) is 36.5 Å². The summed E-state index contributed by atoms with van der Waals surface area (Å²) in [6.07, 6.45) is 6.64. The van der Waals surface area contributed by atoms with Crippen molar-refractivity contribution >= 4 is 11.6 Å². The lowest BCUT2D eigenvalue weighted by atomic mass is 10.1. The van der Waals surface area contributed by atoms with Crippen LogP contribution in [0.3, 0.4) is 0 Å². The van der Waals surface area contributed by atoms with E-state index in [1.54, 1.807) is 18.3 Å². The molecule has 16 heavy (non-hydrogen) atoms. The molecule has 0 radical (unpaired) electrons. The summed E-state index contributed by atoms with van der Waals surface area (Å²) in [6.45, 7) is 0. The lowest BCUT2D eigenvalue weighted by Gasteiger charge is -2.02. The van der Waals surface area contributed by atoms with E-state index in [-0.39, 0.29) is 0 Å². The summed E-state index contributed by atoms with van der Waals surface area (Å²) in [4.78, 5) is 10.9. The Labute approximate surface area is 92.7 Å². The van der Waals surface area contributed by atoms with Gasteiger partial charge in [-0.1, -0.05) is 12.1 Å². The summed E-state index contributed by atoms with van der Waals surface area (Å²) in [5.41, 5.74) is 2.59. The molecule has 4 heteroatoms. The van der Waals surface area contributed by atoms with Crippen molar-refractivity contribution in [3.63, 3.8) is 0 Å². The SMILES string of the molecule is C#CC(=O)Nc1ccc(-c2ccn[nH]2)cc1. The Balaban J connectivity index is 2.18. The Morgan fingerprint density at radius 2 is 2.06 bits per heavy atom. The highest BCUT2D eigenvalue weighted by Crippen LogP contribution is 2.18. The van der Waals surface area contributed by atoms with Crippen molar-refractivity contribution < 1.29 is 4.79 Å². The van der Waals surface area contributed by atoms with Crippen LogP contribution in [0, 0.1) is 12.3 Å². The van der Waals surface area contributed by atoms with Gasteiger partial charge in [-0.3, -0.25) is 9.89 Å². The van der Waals surface area contributed by atoms with Gasteiger partial charge < -0.3 is 5.32 Å². The Kier molecular flexibility index (Phi) is 2.70. The van der Waals surface area contributed by atoms with E-state index in [0.717, 1.165) is 11.3 Å². The molecule has 0 spiro atoms. The molecule has 2 rings (SSSR count). The molecule has 0 saturated carbocycles. The van der Waals surface area contributed by atoms with Gasteiger partial charge in [0, 0.05) is 11.9 Å². The molecule has 1 amide bonds. The van der Waals surface area contributed by atoms with Crippen LogP contribution in [0.1, 0.15) is 0 Å². The van der Waals surface area contributed by atoms with Gasteiger partial charge in [0.25, 0.3) is 5.91 Å². The predicted octanol–water partition coefficient (Wildman–Crippen LogP) is 1.65. The van der Waals surface area contributed by atoms with Gasteiger partial charge in [-0.2, -0.15) is 5.10 Å². The minimum Gasteiger partial charge on any atom is -0.315 e. The number of benzene rings is 1. The summed E-state index contributed by atoms with van der Waals surface area (Å²) < 4.78 is 0. The number of rotatable bonds is 2. The number of nitrogens with one attached hydrogen (secondary N) is 2. The maximum absolute atomic E-state index is 10.9. The minimum absolute atomic E-state index is 0.450. The van der Waals surface area contributed by atoms with Crippen LogP contribution in [0.2, 0.25) is 0 Å². The van der Waals surface area contributed by atoms with E-state index in [4.69, 9.17) is 6.42 Å². The molecule has 0 saturated heterocycles. The first-order valence-electron chi connectivity index (χ1n) is 4.67. The number of anilines is 1. The van der Waals surface area contributed by atoms with Crippen molar-refractivity contribution in [2.75, 3.05) is 5.32 Å². The van der Waals surface area contributed by atoms with Crippen LogP contribution < -0.4 is 5.32 Å². The zero-order valence-electron chi connectivity index (χ0n) is 8.40. The third kappa shape index (κ3) is 2.10. The first-order chi connectivity index (χ1) is 7.79. The summed E-state index contributed by atoms with van der Waals surface area (Å²) in [5, 5.41) is 9.28. The van der Waals surface area contributed by atoms with Crippen molar-refractivity contribution in [3.8, 4) is 23.6 Å². The monoisotopic (exact) mass is 211 g/mol. The summed E-state index contributed by atoms with van der Waals surface area (Å²) in [6, 6.07) is 9.19. The van der Waals surface area contributed by atoms with Gasteiger partial charge in [-0.05, 0) is 29.7 Å². The number of carbonyl (C=O) groups excluding carboxylic acids is 1. The molecule has 0 fully saturated rings. The molecule has 0 unspecified atom stereocenters. The second kappa shape index (κ2) is 4.32. The normalized spacial score (nSPS) is 9.44. The topological polar surface area (TPSA) is 57.8 Å². The molecule has 0 aliphatic heterocycles. The second-order valence-electron chi connectivity index (χ2n) is 3.15. The van der Waals surface area contributed by atoms with Gasteiger partial charge in [-0.25, -0.2) is 0 Å². The van der Waals surface area contributed by atoms with Gasteiger partial charge >= 0.3 is 0 Å². The molecule has 0 atom stereocenters. The van der Waals surface area contributed by atoms with Gasteiger partial charge in [0.05, 0.1) is 5.69 Å². The standard InChI is InChI=1S/C12H9N3O/c1-2-12(16)14-10-5-3-9(4-6-10)11-7-8-13-15-11/h1,3-8H,(H,13,15)(H,14,16). The number of carbonyl (C=O) groups is 1. The van der Waals surface area contributed by atoms with Gasteiger partial charge in [0.1, 0.15) is 0 Å². The Morgan fingerprint density at radius 3 is 2.62 bits per heavy atom. The molecular weight excluding hydrogens is 202 g/mol. The molecule has 0 aliphatic rings. The smallest absolute Gasteiger partial charge is 0.300 e. The molecule has 2 aromatic rings. The zero-order valence-corrected chi connectivity index (χ0v) is 8.40. The van der Waals surface area contributed by atoms with Crippen LogP contribution in [0.15, 0.2) is 36.5 Å². The molecule has 1 aromatic carbocycles. The van der Waals surface area contributed by atoms with Gasteiger partial charge in [0.15, 0.2) is 0 Å². The van der Waals surface area contributed by atoms with E-state index in [1.165, 1.54) is 0 Å². The Hall–Kier alpha value is -2.54. The summed E-state index contributed by atoms with van der Waals surface area (Å²) in [7, 11) is 0. The van der Waals surface area contributed by atoms with Crippen molar-refractivity contribution in [1.82, 2.24) is 10.2 Å². The lowest BCUT2D eigenvalue weighted by molar-refractivity contribution is -0.111. The van der Waals surface area contributed by atoms with E-state index < -0.39 is 5.91 Å². The van der Waals surface area contributed by atoms with E-state index in [2.05, 4.69) is 15.5 Å². The molecule has 4 nitrogen and oxygen atoms in total. The third-order valence-electron chi connectivity index (χ3n) is 2.09. The fraction of sp³-hybridized carbons (Fsp3) is 0. The highest BCUT2D eigenvalue weighted by atomic mass is 16.1. The number of terminal acetylenes is 1. The molecule has 1 aromatic heterocycles. The zero-order chi connectivity index (χ0) is 11.4. The lowest BCUT2D eigenvalue weighted by Crippen LogP contribution is -2.07. The van der Waals surface area contributed by atoms with Crippen LogP contribution in [0.4, 0.5) is 5.69 Å². The van der Waals surface area contributed by atoms with Gasteiger partial charge in [-0.15, -0.1) is 6.42 Å². The number of nitrogens with zero attached hydrogens (tertiary/aromatic N) is 1. The van der Waals surface area contributed by atoms with Crippen LogP contribution in [-0.2, 0) is 4.79 Å². The highest BCUT2D eigenvalue weighted by Gasteiger charge is 2.00. The fourth-order valence-corrected chi connectivity index (χ4v) is 1.32. The quantitative estimate of drug-likeness (QED) is 0.742. The second-order valence-corrected chi connectivity index (χ2v) is 3.15. The third-order valence-corrected chi connectivity index (χ3v) is 2.09. The average molecular weight is 211 g/mol. The number of hydrogen-bond acceptors (Lipinski definition) is 2. The average Bonchev–Trinajstić information content (AvgIpc) is 2.83. The maximum Gasteiger partial charge on any atom is 0.300 e. The van der Waals surface area contributed by atoms with E-state index >= 15 is 0 Å². The molecule has 0 aliphatic carbocycles. The fourth-order valence-electron chi connectivity index (χ4n) is 1.32. The minimum atomic E-state index is -0.450. The molecule has 78 valence electrons. The van der Waals surface area contributed by atoms with E-state index in [0.29, 0.717) is 5.69 Å². The number of aromatic amines is 1. The van der Waals surface area contributed by atoms with Crippen LogP contribution in [0.5, 0.6) is 0 Å². The number of aromatic nitrogens is 2. The van der Waals surface area contributed by atoms with Crippen LogP contribution >= 0.6 is 0 Å².